The summed E-state index contributed by atoms with van der Waals surface area (Å²) >= 11 is 0. The molecule has 0 aliphatic carbocycles. The third-order valence-corrected chi connectivity index (χ3v) is 5.16. The zero-order valence-electron chi connectivity index (χ0n) is 17.3. The minimum Gasteiger partial charge on any atom is -0.356 e. The Morgan fingerprint density at radius 3 is 2.71 bits per heavy atom. The molecular formula is C21H33IN6. The Labute approximate surface area is 185 Å². The molecule has 0 saturated heterocycles. The number of hydrogen-bond acceptors (Lipinski definition) is 3. The van der Waals surface area contributed by atoms with Gasteiger partial charge < -0.3 is 14.8 Å². The fraction of sp³-hybridized carbons (Fsp3) is 0.571. The van der Waals surface area contributed by atoms with Crippen LogP contribution in [0.1, 0.15) is 48.5 Å². The number of aryl methyl sites for hydroxylation is 3. The summed E-state index contributed by atoms with van der Waals surface area (Å²) in [6.45, 7) is 4.92. The number of fused-ring (bicyclic) bond motifs is 1. The second-order valence-corrected chi connectivity index (χ2v) is 7.41. The van der Waals surface area contributed by atoms with Gasteiger partial charge in [0.2, 0.25) is 0 Å². The van der Waals surface area contributed by atoms with E-state index in [1.54, 1.807) is 0 Å². The molecule has 0 bridgehead atoms. The summed E-state index contributed by atoms with van der Waals surface area (Å²) in [7, 11) is 3.92. The molecule has 0 saturated carbocycles. The van der Waals surface area contributed by atoms with Crippen molar-refractivity contribution in [1.82, 2.24) is 25.0 Å². The number of guanidine groups is 1. The van der Waals surface area contributed by atoms with Crippen LogP contribution in [-0.2, 0) is 25.9 Å². The summed E-state index contributed by atoms with van der Waals surface area (Å²) in [6.07, 6.45) is 6.83. The maximum absolute atomic E-state index is 4.42. The molecule has 2 aromatic rings. The molecular weight excluding hydrogens is 463 g/mol. The molecule has 1 aromatic heterocycles. The molecule has 1 aromatic carbocycles. The molecule has 0 radical (unpaired) electrons. The highest BCUT2D eigenvalue weighted by atomic mass is 127. The summed E-state index contributed by atoms with van der Waals surface area (Å²) in [5, 5.41) is 12.3. The Morgan fingerprint density at radius 1 is 1.18 bits per heavy atom. The number of aromatic nitrogens is 3. The van der Waals surface area contributed by atoms with E-state index in [9.17, 15) is 0 Å². The number of halogens is 1. The molecule has 1 N–H and O–H groups in total. The molecule has 0 amide bonds. The van der Waals surface area contributed by atoms with E-state index >= 15 is 0 Å². The summed E-state index contributed by atoms with van der Waals surface area (Å²) in [5.41, 5.74) is 2.58. The lowest BCUT2D eigenvalue weighted by Gasteiger charge is -2.22. The van der Waals surface area contributed by atoms with Crippen molar-refractivity contribution in [3.8, 4) is 0 Å². The minimum atomic E-state index is 0. The average molecular weight is 496 g/mol. The number of nitrogens with one attached hydrogen (secondary N) is 1. The molecule has 154 valence electrons. The lowest BCUT2D eigenvalue weighted by Crippen LogP contribution is -2.39. The number of rotatable bonds is 6. The monoisotopic (exact) mass is 496 g/mol. The van der Waals surface area contributed by atoms with Crippen LogP contribution in [0.25, 0.3) is 0 Å². The summed E-state index contributed by atoms with van der Waals surface area (Å²) in [5.74, 6) is 3.23. The van der Waals surface area contributed by atoms with Crippen LogP contribution >= 0.6 is 24.0 Å². The molecule has 1 aliphatic heterocycles. The van der Waals surface area contributed by atoms with Crippen molar-refractivity contribution < 1.29 is 0 Å². The van der Waals surface area contributed by atoms with E-state index < -0.39 is 0 Å². The Bertz CT molecular complexity index is 753. The van der Waals surface area contributed by atoms with Gasteiger partial charge in [-0.3, -0.25) is 4.99 Å². The average Bonchev–Trinajstić information content (AvgIpc) is 2.90. The van der Waals surface area contributed by atoms with Crippen LogP contribution in [0.2, 0.25) is 0 Å². The Kier molecular flexibility index (Phi) is 9.21. The van der Waals surface area contributed by atoms with E-state index in [1.807, 2.05) is 7.05 Å². The molecule has 28 heavy (non-hydrogen) atoms. The van der Waals surface area contributed by atoms with Gasteiger partial charge in [-0.25, -0.2) is 0 Å². The first kappa shape index (κ1) is 22.6. The Balaban J connectivity index is 0.00000280. The molecule has 7 heteroatoms. The van der Waals surface area contributed by atoms with Gasteiger partial charge >= 0.3 is 0 Å². The first-order valence-electron chi connectivity index (χ1n) is 10.1. The number of benzene rings is 1. The van der Waals surface area contributed by atoms with Gasteiger partial charge in [0.05, 0.1) is 0 Å². The van der Waals surface area contributed by atoms with Gasteiger partial charge in [0.25, 0.3) is 0 Å². The predicted octanol–water partition coefficient (Wildman–Crippen LogP) is 3.57. The Morgan fingerprint density at radius 2 is 1.96 bits per heavy atom. The lowest BCUT2D eigenvalue weighted by atomic mass is 10.1. The molecule has 0 atom stereocenters. The van der Waals surface area contributed by atoms with Crippen LogP contribution in [0.5, 0.6) is 0 Å². The van der Waals surface area contributed by atoms with E-state index in [4.69, 9.17) is 0 Å². The SMILES string of the molecule is CN=C(NCCCc1nnc2n1CCCCC2)N(C)Cc1ccc(C)cc1.I. The van der Waals surface area contributed by atoms with Gasteiger partial charge in [-0.1, -0.05) is 36.2 Å². The zero-order valence-corrected chi connectivity index (χ0v) is 19.6. The van der Waals surface area contributed by atoms with Crippen molar-refractivity contribution in [2.24, 2.45) is 4.99 Å². The van der Waals surface area contributed by atoms with Crippen molar-refractivity contribution in [2.75, 3.05) is 20.6 Å². The quantitative estimate of drug-likeness (QED) is 0.288. The fourth-order valence-electron chi connectivity index (χ4n) is 3.60. The van der Waals surface area contributed by atoms with Gasteiger partial charge in [-0.05, 0) is 31.7 Å². The number of nitrogens with zero attached hydrogens (tertiary/aromatic N) is 5. The van der Waals surface area contributed by atoms with E-state index in [0.717, 1.165) is 50.7 Å². The first-order chi connectivity index (χ1) is 13.2. The van der Waals surface area contributed by atoms with Gasteiger partial charge in [0.15, 0.2) is 5.96 Å². The van der Waals surface area contributed by atoms with Crippen LogP contribution in [0.15, 0.2) is 29.3 Å². The van der Waals surface area contributed by atoms with Crippen LogP contribution in [0.4, 0.5) is 0 Å². The molecule has 3 rings (SSSR count). The van der Waals surface area contributed by atoms with Crippen LogP contribution in [-0.4, -0.2) is 46.3 Å². The third kappa shape index (κ3) is 6.18. The van der Waals surface area contributed by atoms with E-state index in [2.05, 4.69) is 68.2 Å². The summed E-state index contributed by atoms with van der Waals surface area (Å²) < 4.78 is 2.34. The van der Waals surface area contributed by atoms with Gasteiger partial charge in [0.1, 0.15) is 11.6 Å². The highest BCUT2D eigenvalue weighted by Crippen LogP contribution is 2.15. The lowest BCUT2D eigenvalue weighted by molar-refractivity contribution is 0.475. The standard InChI is InChI=1S/C21H32N6.HI/c1-17-10-12-18(13-11-17)16-26(3)21(22-2)23-14-7-9-20-25-24-19-8-5-4-6-15-27(19)20;/h10-13H,4-9,14-16H2,1-3H3,(H,22,23);1H. The Hall–Kier alpha value is -1.64. The van der Waals surface area contributed by atoms with Gasteiger partial charge in [-0.2, -0.15) is 0 Å². The van der Waals surface area contributed by atoms with Crippen LogP contribution < -0.4 is 5.32 Å². The third-order valence-electron chi connectivity index (χ3n) is 5.16. The normalized spacial score (nSPS) is 14.0. The van der Waals surface area contributed by atoms with Gasteiger partial charge in [0, 0.05) is 46.6 Å². The summed E-state index contributed by atoms with van der Waals surface area (Å²) in [4.78, 5) is 6.58. The maximum atomic E-state index is 4.42. The first-order valence-corrected chi connectivity index (χ1v) is 10.1. The van der Waals surface area contributed by atoms with Crippen LogP contribution in [0, 0.1) is 6.92 Å². The largest absolute Gasteiger partial charge is 0.356 e. The highest BCUT2D eigenvalue weighted by molar-refractivity contribution is 14.0. The van der Waals surface area contributed by atoms with Crippen molar-refractivity contribution in [1.29, 1.82) is 0 Å². The number of hydrogen-bond donors (Lipinski definition) is 1. The van der Waals surface area contributed by atoms with E-state index in [0.29, 0.717) is 0 Å². The fourth-order valence-corrected chi connectivity index (χ4v) is 3.60. The minimum absolute atomic E-state index is 0. The van der Waals surface area contributed by atoms with Gasteiger partial charge in [-0.15, -0.1) is 34.2 Å². The maximum Gasteiger partial charge on any atom is 0.193 e. The van der Waals surface area contributed by atoms with Crippen molar-refractivity contribution in [2.45, 2.75) is 58.5 Å². The molecule has 0 unspecified atom stereocenters. The molecule has 6 nitrogen and oxygen atoms in total. The molecule has 0 spiro atoms. The molecule has 1 aliphatic rings. The van der Waals surface area contributed by atoms with Crippen molar-refractivity contribution >= 4 is 29.9 Å². The second-order valence-electron chi connectivity index (χ2n) is 7.41. The predicted molar refractivity (Wildman–Crippen MR) is 125 cm³/mol. The molecule has 2 heterocycles. The van der Waals surface area contributed by atoms with Crippen molar-refractivity contribution in [3.63, 3.8) is 0 Å². The van der Waals surface area contributed by atoms with E-state index in [-0.39, 0.29) is 24.0 Å². The topological polar surface area (TPSA) is 58.3 Å². The van der Waals surface area contributed by atoms with Crippen LogP contribution in [0.3, 0.4) is 0 Å². The highest BCUT2D eigenvalue weighted by Gasteiger charge is 2.14. The number of aliphatic imine (C=N–C) groups is 1. The van der Waals surface area contributed by atoms with Crippen molar-refractivity contribution in [3.05, 3.63) is 47.0 Å². The summed E-state index contributed by atoms with van der Waals surface area (Å²) in [6, 6.07) is 8.66. The molecule has 0 fully saturated rings. The smallest absolute Gasteiger partial charge is 0.193 e. The second kappa shape index (κ2) is 11.4. The van der Waals surface area contributed by atoms with E-state index in [1.165, 1.54) is 36.2 Å². The zero-order chi connectivity index (χ0) is 19.1.